The zero-order chi connectivity index (χ0) is 8.27. The third kappa shape index (κ3) is 2.31. The standard InChI is InChI=1S/C5H8N2OS3/c1-3(11-10)4(9)5-7-6-2-8-5/h2-4,9-10H,1H3. The number of hydrogen-bond donors (Lipinski definition) is 2. The van der Waals surface area contributed by atoms with Crippen LogP contribution in [0.5, 0.6) is 0 Å². The first-order valence-electron chi connectivity index (χ1n) is 3.00. The Morgan fingerprint density at radius 1 is 1.73 bits per heavy atom. The van der Waals surface area contributed by atoms with Gasteiger partial charge in [-0.2, -0.15) is 12.6 Å². The number of thiol groups is 2. The van der Waals surface area contributed by atoms with Crippen molar-refractivity contribution in [2.24, 2.45) is 0 Å². The van der Waals surface area contributed by atoms with Gasteiger partial charge >= 0.3 is 0 Å². The van der Waals surface area contributed by atoms with E-state index in [4.69, 9.17) is 4.42 Å². The lowest BCUT2D eigenvalue weighted by Gasteiger charge is -2.10. The van der Waals surface area contributed by atoms with Crippen molar-refractivity contribution in [1.29, 1.82) is 0 Å². The Bertz CT molecular complexity index is 204. The molecule has 1 heterocycles. The quantitative estimate of drug-likeness (QED) is 0.589. The van der Waals surface area contributed by atoms with Crippen molar-refractivity contribution in [3.8, 4) is 0 Å². The van der Waals surface area contributed by atoms with Gasteiger partial charge in [0, 0.05) is 5.25 Å². The molecule has 1 rings (SSSR count). The molecule has 0 aliphatic rings. The number of nitrogens with zero attached hydrogens (tertiary/aromatic N) is 2. The molecular weight excluding hydrogens is 200 g/mol. The summed E-state index contributed by atoms with van der Waals surface area (Å²) in [6.07, 6.45) is 1.30. The molecule has 0 saturated heterocycles. The van der Waals surface area contributed by atoms with Crippen molar-refractivity contribution in [3.05, 3.63) is 12.3 Å². The van der Waals surface area contributed by atoms with Crippen LogP contribution in [0.25, 0.3) is 0 Å². The fourth-order valence-corrected chi connectivity index (χ4v) is 1.75. The summed E-state index contributed by atoms with van der Waals surface area (Å²) in [4.78, 5) is 0. The van der Waals surface area contributed by atoms with E-state index < -0.39 is 0 Å². The molecule has 6 heteroatoms. The zero-order valence-electron chi connectivity index (χ0n) is 5.84. The van der Waals surface area contributed by atoms with Gasteiger partial charge in [0.15, 0.2) is 0 Å². The van der Waals surface area contributed by atoms with Crippen LogP contribution in [0.2, 0.25) is 0 Å². The topological polar surface area (TPSA) is 38.9 Å². The van der Waals surface area contributed by atoms with Crippen molar-refractivity contribution >= 4 is 35.1 Å². The van der Waals surface area contributed by atoms with Crippen LogP contribution in [0.3, 0.4) is 0 Å². The molecule has 2 atom stereocenters. The van der Waals surface area contributed by atoms with Gasteiger partial charge < -0.3 is 4.42 Å². The molecule has 0 aromatic carbocycles. The first-order chi connectivity index (χ1) is 5.25. The van der Waals surface area contributed by atoms with Crippen LogP contribution in [-0.4, -0.2) is 15.4 Å². The van der Waals surface area contributed by atoms with Crippen molar-refractivity contribution in [1.82, 2.24) is 10.2 Å². The summed E-state index contributed by atoms with van der Waals surface area (Å²) >= 11 is 8.36. The molecule has 0 fully saturated rings. The molecule has 0 bridgehead atoms. The molecule has 62 valence electrons. The van der Waals surface area contributed by atoms with E-state index in [2.05, 4.69) is 34.5 Å². The van der Waals surface area contributed by atoms with Gasteiger partial charge in [-0.3, -0.25) is 0 Å². The average Bonchev–Trinajstić information content (AvgIpc) is 2.53. The highest BCUT2D eigenvalue weighted by Gasteiger charge is 2.18. The predicted octanol–water partition coefficient (Wildman–Crippen LogP) is 2.01. The predicted molar refractivity (Wildman–Crippen MR) is 52.1 cm³/mol. The number of aromatic nitrogens is 2. The Kier molecular flexibility index (Phi) is 3.61. The van der Waals surface area contributed by atoms with Gasteiger partial charge in [-0.1, -0.05) is 17.7 Å². The second-order valence-corrected chi connectivity index (χ2v) is 4.18. The van der Waals surface area contributed by atoms with Crippen LogP contribution >= 0.6 is 35.1 Å². The monoisotopic (exact) mass is 208 g/mol. The summed E-state index contributed by atoms with van der Waals surface area (Å²) in [5.74, 6) is 0.544. The minimum atomic E-state index is -0.0417. The third-order valence-electron chi connectivity index (χ3n) is 1.24. The Balaban J connectivity index is 2.62. The maximum Gasteiger partial charge on any atom is 0.230 e. The van der Waals surface area contributed by atoms with E-state index in [1.807, 2.05) is 6.92 Å². The first-order valence-corrected chi connectivity index (χ1v) is 5.45. The van der Waals surface area contributed by atoms with Gasteiger partial charge in [0.2, 0.25) is 12.3 Å². The SMILES string of the molecule is CC(SS)C(S)c1nnco1. The Morgan fingerprint density at radius 2 is 2.45 bits per heavy atom. The maximum absolute atomic E-state index is 4.97. The lowest BCUT2D eigenvalue weighted by molar-refractivity contribution is 0.489. The van der Waals surface area contributed by atoms with Gasteiger partial charge in [-0.15, -0.1) is 21.9 Å². The van der Waals surface area contributed by atoms with E-state index in [0.717, 1.165) is 0 Å². The Morgan fingerprint density at radius 3 is 2.91 bits per heavy atom. The molecule has 2 unspecified atom stereocenters. The second kappa shape index (κ2) is 4.27. The van der Waals surface area contributed by atoms with Crippen molar-refractivity contribution in [3.63, 3.8) is 0 Å². The summed E-state index contributed by atoms with van der Waals surface area (Å²) in [5.41, 5.74) is 0. The van der Waals surface area contributed by atoms with Crippen molar-refractivity contribution in [2.75, 3.05) is 0 Å². The zero-order valence-corrected chi connectivity index (χ0v) is 8.44. The molecule has 0 spiro atoms. The van der Waals surface area contributed by atoms with E-state index in [1.54, 1.807) is 0 Å². The molecule has 0 aliphatic carbocycles. The molecule has 1 aromatic rings. The van der Waals surface area contributed by atoms with Crippen LogP contribution in [0.15, 0.2) is 10.8 Å². The van der Waals surface area contributed by atoms with E-state index in [0.29, 0.717) is 5.89 Å². The highest BCUT2D eigenvalue weighted by Crippen LogP contribution is 2.31. The Hall–Kier alpha value is 0.190. The highest BCUT2D eigenvalue weighted by molar-refractivity contribution is 8.68. The fourth-order valence-electron chi connectivity index (χ4n) is 0.569. The molecule has 0 N–H and O–H groups in total. The van der Waals surface area contributed by atoms with Gasteiger partial charge in [0.05, 0.1) is 5.25 Å². The second-order valence-electron chi connectivity index (χ2n) is 2.03. The molecule has 11 heavy (non-hydrogen) atoms. The largest absolute Gasteiger partial charge is 0.427 e. The summed E-state index contributed by atoms with van der Waals surface area (Å²) < 4.78 is 4.97. The molecule has 0 amide bonds. The number of hydrogen-bond acceptors (Lipinski definition) is 6. The van der Waals surface area contributed by atoms with Gasteiger partial charge in [0.25, 0.3) is 0 Å². The van der Waals surface area contributed by atoms with E-state index in [-0.39, 0.29) is 10.5 Å². The summed E-state index contributed by atoms with van der Waals surface area (Å²) in [6, 6.07) is 0. The normalized spacial score (nSPS) is 16.3. The smallest absolute Gasteiger partial charge is 0.230 e. The molecule has 3 nitrogen and oxygen atoms in total. The highest BCUT2D eigenvalue weighted by atomic mass is 33.1. The molecule has 1 aromatic heterocycles. The van der Waals surface area contributed by atoms with Gasteiger partial charge in [0.1, 0.15) is 0 Å². The summed E-state index contributed by atoms with van der Waals surface area (Å²) in [7, 11) is 1.42. The van der Waals surface area contributed by atoms with Crippen LogP contribution in [0.4, 0.5) is 0 Å². The average molecular weight is 208 g/mol. The van der Waals surface area contributed by atoms with Crippen LogP contribution in [0.1, 0.15) is 18.1 Å². The van der Waals surface area contributed by atoms with Gasteiger partial charge in [-0.25, -0.2) is 0 Å². The minimum Gasteiger partial charge on any atom is -0.427 e. The van der Waals surface area contributed by atoms with E-state index in [1.165, 1.54) is 17.2 Å². The summed E-state index contributed by atoms with van der Waals surface area (Å²) in [5, 5.41) is 7.52. The summed E-state index contributed by atoms with van der Waals surface area (Å²) in [6.45, 7) is 2.00. The van der Waals surface area contributed by atoms with E-state index >= 15 is 0 Å². The molecule has 0 aliphatic heterocycles. The molecule has 0 saturated carbocycles. The van der Waals surface area contributed by atoms with Crippen LogP contribution < -0.4 is 0 Å². The fraction of sp³-hybridized carbons (Fsp3) is 0.600. The van der Waals surface area contributed by atoms with Crippen LogP contribution in [0, 0.1) is 0 Å². The lowest BCUT2D eigenvalue weighted by atomic mass is 10.3. The molecule has 0 radical (unpaired) electrons. The van der Waals surface area contributed by atoms with Gasteiger partial charge in [-0.05, 0) is 0 Å². The van der Waals surface area contributed by atoms with Crippen molar-refractivity contribution in [2.45, 2.75) is 17.4 Å². The number of rotatable bonds is 3. The minimum absolute atomic E-state index is 0.0417. The molecular formula is C5H8N2OS3. The van der Waals surface area contributed by atoms with Crippen molar-refractivity contribution < 1.29 is 4.42 Å². The Labute approximate surface area is 79.6 Å². The van der Waals surface area contributed by atoms with Crippen LogP contribution in [-0.2, 0) is 0 Å². The lowest BCUT2D eigenvalue weighted by Crippen LogP contribution is -2.04. The van der Waals surface area contributed by atoms with E-state index in [9.17, 15) is 0 Å². The maximum atomic E-state index is 4.97. The first kappa shape index (κ1) is 9.28. The third-order valence-corrected chi connectivity index (χ3v) is 3.71.